The lowest BCUT2D eigenvalue weighted by Gasteiger charge is -2.33. The normalized spacial score (nSPS) is 13.9. The number of nitrogens with zero attached hydrogens (tertiary/aromatic N) is 3. The second-order valence-corrected chi connectivity index (χ2v) is 7.51. The number of hydrogen-bond acceptors (Lipinski definition) is 5. The summed E-state index contributed by atoms with van der Waals surface area (Å²) in [5, 5.41) is 7.64. The summed E-state index contributed by atoms with van der Waals surface area (Å²) in [6, 6.07) is 5.65. The van der Waals surface area contributed by atoms with Gasteiger partial charge in [-0.25, -0.2) is 14.2 Å². The zero-order chi connectivity index (χ0) is 20.8. The van der Waals surface area contributed by atoms with Gasteiger partial charge in [-0.1, -0.05) is 12.1 Å². The quantitative estimate of drug-likeness (QED) is 0.773. The molecule has 1 fully saturated rings. The summed E-state index contributed by atoms with van der Waals surface area (Å²) < 4.78 is 12.9. The highest BCUT2D eigenvalue weighted by Gasteiger charge is 2.23. The number of urea groups is 1. The highest BCUT2D eigenvalue weighted by Crippen LogP contribution is 2.17. The Morgan fingerprint density at radius 2 is 1.76 bits per heavy atom. The number of benzene rings is 1. The lowest BCUT2D eigenvalue weighted by Crippen LogP contribution is -2.51. The summed E-state index contributed by atoms with van der Waals surface area (Å²) in [6.45, 7) is 3.78. The molecule has 0 unspecified atom stereocenters. The fraction of sp³-hybridized carbons (Fsp3) is 0.368. The fourth-order valence-electron chi connectivity index (χ4n) is 2.87. The highest BCUT2D eigenvalue weighted by molar-refractivity contribution is 7.13. The standard InChI is InChI=1S/C19H22FN5O3S/c1-13(26)24-6-8-25(9-7-24)19(28)23-18-22-16(12-29-18)10-17(27)21-11-14-2-4-15(20)5-3-14/h2-5,12H,6-11H2,1H3,(H,21,27)(H,22,23,28). The Labute approximate surface area is 171 Å². The first-order valence-electron chi connectivity index (χ1n) is 9.17. The molecule has 2 aromatic rings. The highest BCUT2D eigenvalue weighted by atomic mass is 32.1. The molecule has 0 atom stereocenters. The molecular formula is C19H22FN5O3S. The number of thiazole rings is 1. The van der Waals surface area contributed by atoms with E-state index in [4.69, 9.17) is 0 Å². The Hall–Kier alpha value is -3.01. The van der Waals surface area contributed by atoms with Crippen LogP contribution in [0.1, 0.15) is 18.2 Å². The van der Waals surface area contributed by atoms with Gasteiger partial charge in [0, 0.05) is 45.0 Å². The molecule has 0 bridgehead atoms. The minimum absolute atomic E-state index is 0.00679. The van der Waals surface area contributed by atoms with Crippen LogP contribution in [-0.2, 0) is 22.6 Å². The average molecular weight is 419 g/mol. The molecule has 1 aliphatic heterocycles. The second kappa shape index (κ2) is 9.46. The molecule has 1 aliphatic rings. The molecule has 29 heavy (non-hydrogen) atoms. The summed E-state index contributed by atoms with van der Waals surface area (Å²) in [4.78, 5) is 43.4. The summed E-state index contributed by atoms with van der Waals surface area (Å²) in [5.74, 6) is -0.525. The van der Waals surface area contributed by atoms with Gasteiger partial charge in [0.05, 0.1) is 12.1 Å². The van der Waals surface area contributed by atoms with Gasteiger partial charge in [-0.05, 0) is 17.7 Å². The first-order chi connectivity index (χ1) is 13.9. The number of halogens is 1. The topological polar surface area (TPSA) is 94.6 Å². The zero-order valence-electron chi connectivity index (χ0n) is 16.0. The molecule has 8 nitrogen and oxygen atoms in total. The summed E-state index contributed by atoms with van der Waals surface area (Å²) in [5.41, 5.74) is 1.36. The summed E-state index contributed by atoms with van der Waals surface area (Å²) in [7, 11) is 0. The minimum Gasteiger partial charge on any atom is -0.352 e. The third-order valence-electron chi connectivity index (χ3n) is 4.52. The van der Waals surface area contributed by atoms with Gasteiger partial charge >= 0.3 is 6.03 Å². The van der Waals surface area contributed by atoms with Crippen molar-refractivity contribution in [3.8, 4) is 0 Å². The number of carbonyl (C=O) groups excluding carboxylic acids is 3. The molecule has 0 aliphatic carbocycles. The van der Waals surface area contributed by atoms with Gasteiger partial charge < -0.3 is 15.1 Å². The van der Waals surface area contributed by atoms with Gasteiger partial charge in [-0.15, -0.1) is 11.3 Å². The van der Waals surface area contributed by atoms with Crippen molar-refractivity contribution in [3.05, 3.63) is 46.7 Å². The number of amides is 4. The number of piperazine rings is 1. The predicted octanol–water partition coefficient (Wildman–Crippen LogP) is 1.84. The van der Waals surface area contributed by atoms with E-state index >= 15 is 0 Å². The van der Waals surface area contributed by atoms with E-state index in [0.29, 0.717) is 43.5 Å². The number of aromatic nitrogens is 1. The van der Waals surface area contributed by atoms with E-state index in [1.807, 2.05) is 0 Å². The molecule has 1 saturated heterocycles. The van der Waals surface area contributed by atoms with Crippen LogP contribution in [-0.4, -0.2) is 58.8 Å². The van der Waals surface area contributed by atoms with Crippen molar-refractivity contribution < 1.29 is 18.8 Å². The molecule has 10 heteroatoms. The monoisotopic (exact) mass is 419 g/mol. The summed E-state index contributed by atoms with van der Waals surface area (Å²) >= 11 is 1.25. The van der Waals surface area contributed by atoms with Gasteiger partial charge in [0.15, 0.2) is 5.13 Å². The number of nitrogens with one attached hydrogen (secondary N) is 2. The molecule has 2 heterocycles. The number of carbonyl (C=O) groups is 3. The number of anilines is 1. The van der Waals surface area contributed by atoms with Crippen LogP contribution < -0.4 is 10.6 Å². The van der Waals surface area contributed by atoms with Gasteiger partial charge in [0.25, 0.3) is 0 Å². The maximum atomic E-state index is 12.9. The Balaban J connectivity index is 1.44. The molecule has 0 radical (unpaired) electrons. The lowest BCUT2D eigenvalue weighted by molar-refractivity contribution is -0.130. The molecule has 154 valence electrons. The van der Waals surface area contributed by atoms with Crippen molar-refractivity contribution in [2.24, 2.45) is 0 Å². The van der Waals surface area contributed by atoms with Crippen molar-refractivity contribution in [2.45, 2.75) is 19.9 Å². The molecule has 0 saturated carbocycles. The first kappa shape index (κ1) is 20.7. The van der Waals surface area contributed by atoms with E-state index in [-0.39, 0.29) is 30.1 Å². The van der Waals surface area contributed by atoms with Crippen molar-refractivity contribution >= 4 is 34.3 Å². The largest absolute Gasteiger partial charge is 0.352 e. The van der Waals surface area contributed by atoms with Crippen LogP contribution in [0.25, 0.3) is 0 Å². The second-order valence-electron chi connectivity index (χ2n) is 6.65. The molecule has 2 N–H and O–H groups in total. The molecular weight excluding hydrogens is 397 g/mol. The molecule has 1 aromatic carbocycles. The average Bonchev–Trinajstić information content (AvgIpc) is 3.14. The SMILES string of the molecule is CC(=O)N1CCN(C(=O)Nc2nc(CC(=O)NCc3ccc(F)cc3)cs2)CC1. The number of rotatable bonds is 5. The molecule has 3 rings (SSSR count). The van der Waals surface area contributed by atoms with Crippen LogP contribution in [0.4, 0.5) is 14.3 Å². The van der Waals surface area contributed by atoms with Crippen LogP contribution in [0, 0.1) is 5.82 Å². The zero-order valence-corrected chi connectivity index (χ0v) is 16.8. The predicted molar refractivity (Wildman–Crippen MR) is 107 cm³/mol. The van der Waals surface area contributed by atoms with Gasteiger partial charge in [0.2, 0.25) is 11.8 Å². The Kier molecular flexibility index (Phi) is 6.76. The van der Waals surface area contributed by atoms with E-state index in [2.05, 4.69) is 15.6 Å². The minimum atomic E-state index is -0.321. The Bertz CT molecular complexity index is 878. The third kappa shape index (κ3) is 5.98. The number of hydrogen-bond donors (Lipinski definition) is 2. The Morgan fingerprint density at radius 1 is 1.10 bits per heavy atom. The van der Waals surface area contributed by atoms with Crippen molar-refractivity contribution in [1.29, 1.82) is 0 Å². The van der Waals surface area contributed by atoms with E-state index in [0.717, 1.165) is 5.56 Å². The van der Waals surface area contributed by atoms with E-state index < -0.39 is 0 Å². The van der Waals surface area contributed by atoms with E-state index in [1.54, 1.807) is 27.3 Å². The van der Waals surface area contributed by atoms with Crippen molar-refractivity contribution in [1.82, 2.24) is 20.1 Å². The molecule has 0 spiro atoms. The third-order valence-corrected chi connectivity index (χ3v) is 5.33. The van der Waals surface area contributed by atoms with E-state index in [9.17, 15) is 18.8 Å². The van der Waals surface area contributed by atoms with Crippen LogP contribution in [0.3, 0.4) is 0 Å². The van der Waals surface area contributed by atoms with Gasteiger partial charge in [-0.3, -0.25) is 14.9 Å². The lowest BCUT2D eigenvalue weighted by atomic mass is 10.2. The van der Waals surface area contributed by atoms with Gasteiger partial charge in [-0.2, -0.15) is 0 Å². The molecule has 4 amide bonds. The molecule has 1 aromatic heterocycles. The summed E-state index contributed by atoms with van der Waals surface area (Å²) in [6.07, 6.45) is 0.0881. The Morgan fingerprint density at radius 3 is 2.41 bits per heavy atom. The van der Waals surface area contributed by atoms with Crippen LogP contribution in [0.2, 0.25) is 0 Å². The van der Waals surface area contributed by atoms with E-state index in [1.165, 1.54) is 30.4 Å². The maximum absolute atomic E-state index is 12.9. The van der Waals surface area contributed by atoms with Crippen LogP contribution in [0.5, 0.6) is 0 Å². The smallest absolute Gasteiger partial charge is 0.323 e. The van der Waals surface area contributed by atoms with Crippen LogP contribution in [0.15, 0.2) is 29.6 Å². The van der Waals surface area contributed by atoms with Crippen molar-refractivity contribution in [3.63, 3.8) is 0 Å². The fourth-order valence-corrected chi connectivity index (χ4v) is 3.57. The van der Waals surface area contributed by atoms with Gasteiger partial charge in [0.1, 0.15) is 5.82 Å². The van der Waals surface area contributed by atoms with Crippen molar-refractivity contribution in [2.75, 3.05) is 31.5 Å². The van der Waals surface area contributed by atoms with Crippen LogP contribution >= 0.6 is 11.3 Å². The maximum Gasteiger partial charge on any atom is 0.323 e. The first-order valence-corrected chi connectivity index (χ1v) is 10.1.